The number of halogens is 1. The number of rotatable bonds is 5. The Hall–Kier alpha value is -3.01. The lowest BCUT2D eigenvalue weighted by atomic mass is 9.95. The Bertz CT molecular complexity index is 1040. The Morgan fingerprint density at radius 3 is 2.39 bits per heavy atom. The minimum atomic E-state index is -0.295. The van der Waals surface area contributed by atoms with Crippen LogP contribution in [-0.4, -0.2) is 15.6 Å². The van der Waals surface area contributed by atoms with Crippen LogP contribution in [0, 0.1) is 12.7 Å². The van der Waals surface area contributed by atoms with Crippen LogP contribution in [0.2, 0.25) is 0 Å². The van der Waals surface area contributed by atoms with Crippen LogP contribution in [0.3, 0.4) is 0 Å². The average Bonchev–Trinajstić information content (AvgIpc) is 3.05. The van der Waals surface area contributed by atoms with E-state index in [0.717, 1.165) is 47.3 Å². The van der Waals surface area contributed by atoms with Gasteiger partial charge in [0.25, 0.3) is 0 Å². The van der Waals surface area contributed by atoms with Gasteiger partial charge < -0.3 is 0 Å². The minimum absolute atomic E-state index is 0.0436. The number of nitrogens with zero attached hydrogens (tertiary/aromatic N) is 2. The Morgan fingerprint density at radius 2 is 1.71 bits per heavy atom. The number of carbonyl (C=O) groups excluding carboxylic acids is 1. The van der Waals surface area contributed by atoms with E-state index in [0.29, 0.717) is 12.1 Å². The second kappa shape index (κ2) is 7.55. The monoisotopic (exact) mass is 374 g/mol. The van der Waals surface area contributed by atoms with Crippen LogP contribution in [0.1, 0.15) is 42.3 Å². The molecule has 2 heterocycles. The molecule has 0 spiro atoms. The second-order valence-corrected chi connectivity index (χ2v) is 7.33. The summed E-state index contributed by atoms with van der Waals surface area (Å²) in [5.41, 5.74) is 6.78. The minimum Gasteiger partial charge on any atom is -0.294 e. The summed E-state index contributed by atoms with van der Waals surface area (Å²) in [6.07, 6.45) is 4.93. The molecule has 3 nitrogen and oxygen atoms in total. The van der Waals surface area contributed by atoms with Crippen LogP contribution in [-0.2, 0) is 17.6 Å². The fraction of sp³-hybridized carbons (Fsp3) is 0.250. The van der Waals surface area contributed by atoms with Crippen molar-refractivity contribution in [1.82, 2.24) is 9.78 Å². The molecule has 28 heavy (non-hydrogen) atoms. The van der Waals surface area contributed by atoms with Crippen LogP contribution in [0.5, 0.6) is 0 Å². The van der Waals surface area contributed by atoms with Gasteiger partial charge in [0.05, 0.1) is 23.5 Å². The molecule has 2 aromatic carbocycles. The van der Waals surface area contributed by atoms with Crippen molar-refractivity contribution in [2.24, 2.45) is 0 Å². The summed E-state index contributed by atoms with van der Waals surface area (Å²) in [5.74, 6) is -0.252. The lowest BCUT2D eigenvalue weighted by Gasteiger charge is -2.17. The predicted molar refractivity (Wildman–Crippen MR) is 109 cm³/mol. The number of benzene rings is 2. The predicted octanol–water partition coefficient (Wildman–Crippen LogP) is 5.35. The van der Waals surface area contributed by atoms with E-state index in [-0.39, 0.29) is 11.6 Å². The van der Waals surface area contributed by atoms with Gasteiger partial charge in [-0.1, -0.05) is 43.2 Å². The fourth-order valence-corrected chi connectivity index (χ4v) is 3.69. The first-order valence-corrected chi connectivity index (χ1v) is 9.75. The molecule has 4 rings (SSSR count). The molecule has 1 aliphatic heterocycles. The van der Waals surface area contributed by atoms with Gasteiger partial charge in [-0.05, 0) is 49.6 Å². The standard InChI is InChI=1S/C24H23FN2O/c1-3-4-5-21-24(18-8-6-16(2)7-9-18)23-15-20(28)14-22(27(23)26-21)17-10-12-19(25)13-11-17/h6-14H,3-5,15H2,1-2H3. The van der Waals surface area contributed by atoms with E-state index in [4.69, 9.17) is 5.10 Å². The maximum absolute atomic E-state index is 13.4. The van der Waals surface area contributed by atoms with Gasteiger partial charge in [0, 0.05) is 17.2 Å². The topological polar surface area (TPSA) is 34.9 Å². The van der Waals surface area contributed by atoms with Crippen molar-refractivity contribution in [3.8, 4) is 11.1 Å². The van der Waals surface area contributed by atoms with Crippen LogP contribution in [0.25, 0.3) is 16.8 Å². The molecule has 3 aromatic rings. The summed E-state index contributed by atoms with van der Waals surface area (Å²) in [7, 11) is 0. The molecule has 4 heteroatoms. The number of carbonyl (C=O) groups is 1. The van der Waals surface area contributed by atoms with Crippen LogP contribution < -0.4 is 0 Å². The van der Waals surface area contributed by atoms with Crippen LogP contribution >= 0.6 is 0 Å². The normalized spacial score (nSPS) is 13.4. The van der Waals surface area contributed by atoms with Crippen molar-refractivity contribution in [2.75, 3.05) is 0 Å². The van der Waals surface area contributed by atoms with Gasteiger partial charge in [-0.3, -0.25) is 4.79 Å². The molecule has 1 aliphatic rings. The number of ketones is 1. The number of aryl methyl sites for hydroxylation is 2. The number of allylic oxidation sites excluding steroid dienone is 1. The third-order valence-corrected chi connectivity index (χ3v) is 5.17. The van der Waals surface area contributed by atoms with Crippen LogP contribution in [0.4, 0.5) is 4.39 Å². The van der Waals surface area contributed by atoms with Crippen molar-refractivity contribution in [2.45, 2.75) is 39.5 Å². The van der Waals surface area contributed by atoms with Crippen molar-refractivity contribution in [3.63, 3.8) is 0 Å². The molecule has 0 bridgehead atoms. The van der Waals surface area contributed by atoms with E-state index < -0.39 is 0 Å². The maximum Gasteiger partial charge on any atom is 0.163 e. The van der Waals surface area contributed by atoms with Crippen molar-refractivity contribution in [1.29, 1.82) is 0 Å². The van der Waals surface area contributed by atoms with Gasteiger partial charge in [-0.25, -0.2) is 9.07 Å². The summed E-state index contributed by atoms with van der Waals surface area (Å²) >= 11 is 0. The molecule has 0 amide bonds. The highest BCUT2D eigenvalue weighted by molar-refractivity contribution is 6.01. The first-order valence-electron chi connectivity index (χ1n) is 9.75. The smallest absolute Gasteiger partial charge is 0.163 e. The summed E-state index contributed by atoms with van der Waals surface area (Å²) in [6.45, 7) is 4.23. The van der Waals surface area contributed by atoms with Crippen LogP contribution in [0.15, 0.2) is 54.6 Å². The Balaban J connectivity index is 1.89. The van der Waals surface area contributed by atoms with Gasteiger partial charge in [-0.2, -0.15) is 5.10 Å². The zero-order valence-electron chi connectivity index (χ0n) is 16.2. The van der Waals surface area contributed by atoms with Gasteiger partial charge in [0.15, 0.2) is 5.78 Å². The van der Waals surface area contributed by atoms with Gasteiger partial charge in [0.1, 0.15) is 5.82 Å². The van der Waals surface area contributed by atoms with Crippen molar-refractivity contribution >= 4 is 11.5 Å². The third kappa shape index (κ3) is 3.42. The molecule has 0 saturated heterocycles. The molecular weight excluding hydrogens is 351 g/mol. The second-order valence-electron chi connectivity index (χ2n) is 7.33. The number of unbranched alkanes of at least 4 members (excludes halogenated alkanes) is 1. The highest BCUT2D eigenvalue weighted by atomic mass is 19.1. The van der Waals surface area contributed by atoms with E-state index in [2.05, 4.69) is 38.1 Å². The van der Waals surface area contributed by atoms with Gasteiger partial charge in [-0.15, -0.1) is 0 Å². The Kier molecular flexibility index (Phi) is 4.95. The molecule has 0 aliphatic carbocycles. The maximum atomic E-state index is 13.4. The van der Waals surface area contributed by atoms with Crippen molar-refractivity contribution in [3.05, 3.63) is 82.9 Å². The first kappa shape index (κ1) is 18.4. The summed E-state index contributed by atoms with van der Waals surface area (Å²) in [4.78, 5) is 12.5. The zero-order valence-corrected chi connectivity index (χ0v) is 16.2. The number of hydrogen-bond acceptors (Lipinski definition) is 2. The van der Waals surface area contributed by atoms with E-state index in [1.54, 1.807) is 18.2 Å². The molecule has 142 valence electrons. The van der Waals surface area contributed by atoms with E-state index in [1.165, 1.54) is 17.7 Å². The highest BCUT2D eigenvalue weighted by Gasteiger charge is 2.26. The molecule has 0 fully saturated rings. The van der Waals surface area contributed by atoms with E-state index in [1.807, 2.05) is 4.68 Å². The summed E-state index contributed by atoms with van der Waals surface area (Å²) in [5, 5.41) is 4.90. The number of hydrogen-bond donors (Lipinski definition) is 0. The van der Waals surface area contributed by atoms with Gasteiger partial charge in [0.2, 0.25) is 0 Å². The number of fused-ring (bicyclic) bond motifs is 1. The highest BCUT2D eigenvalue weighted by Crippen LogP contribution is 2.35. The largest absolute Gasteiger partial charge is 0.294 e. The van der Waals surface area contributed by atoms with E-state index in [9.17, 15) is 9.18 Å². The summed E-state index contributed by atoms with van der Waals surface area (Å²) < 4.78 is 15.3. The molecule has 0 unspecified atom stereocenters. The lowest BCUT2D eigenvalue weighted by Crippen LogP contribution is -2.16. The van der Waals surface area contributed by atoms with E-state index >= 15 is 0 Å². The first-order chi connectivity index (χ1) is 13.6. The molecule has 0 saturated carbocycles. The molecule has 0 atom stereocenters. The summed E-state index contributed by atoms with van der Waals surface area (Å²) in [6, 6.07) is 14.6. The third-order valence-electron chi connectivity index (χ3n) is 5.17. The molecule has 0 N–H and O–H groups in total. The van der Waals surface area contributed by atoms with Gasteiger partial charge >= 0.3 is 0 Å². The molecular formula is C24H23FN2O. The zero-order chi connectivity index (χ0) is 19.7. The molecule has 1 aromatic heterocycles. The quantitative estimate of drug-likeness (QED) is 0.603. The SMILES string of the molecule is CCCCc1nn2c(c1-c1ccc(C)cc1)CC(=O)C=C2c1ccc(F)cc1. The Morgan fingerprint density at radius 1 is 1.04 bits per heavy atom. The average molecular weight is 374 g/mol. The van der Waals surface area contributed by atoms with Crippen molar-refractivity contribution < 1.29 is 9.18 Å². The Labute approximate surface area is 164 Å². The number of aromatic nitrogens is 2. The molecule has 0 radical (unpaired) electrons. The lowest BCUT2D eigenvalue weighted by molar-refractivity contribution is -0.114. The fourth-order valence-electron chi connectivity index (χ4n) is 3.69.